The Morgan fingerprint density at radius 3 is 2.70 bits per heavy atom. The molecule has 3 rings (SSSR count). The van der Waals surface area contributed by atoms with Crippen molar-refractivity contribution in [3.8, 4) is 5.75 Å². The molecule has 0 aliphatic heterocycles. The van der Waals surface area contributed by atoms with Gasteiger partial charge in [-0.25, -0.2) is 9.66 Å². The zero-order chi connectivity index (χ0) is 19.2. The van der Waals surface area contributed by atoms with Crippen molar-refractivity contribution in [2.75, 3.05) is 17.7 Å². The number of hydrogen-bond donors (Lipinski definition) is 2. The fraction of sp³-hybridized carbons (Fsp3) is 0.150. The molecule has 0 unspecified atom stereocenters. The number of imidazole rings is 1. The van der Waals surface area contributed by atoms with Crippen molar-refractivity contribution in [1.29, 1.82) is 0 Å². The molecule has 1 amide bonds. The molecule has 3 N–H and O–H groups in total. The Morgan fingerprint density at radius 2 is 1.96 bits per heavy atom. The molecule has 7 heteroatoms. The number of para-hydroxylation sites is 2. The Hall–Kier alpha value is -3.61. The van der Waals surface area contributed by atoms with E-state index in [2.05, 4.69) is 15.4 Å². The van der Waals surface area contributed by atoms with E-state index in [-0.39, 0.29) is 12.5 Å². The topological polar surface area (TPSA) is 94.5 Å². The number of nitrogens with two attached hydrogens (primary N) is 1. The first-order valence-electron chi connectivity index (χ1n) is 8.46. The van der Waals surface area contributed by atoms with Crippen molar-refractivity contribution >= 4 is 23.8 Å². The lowest BCUT2D eigenvalue weighted by molar-refractivity contribution is -0.118. The van der Waals surface area contributed by atoms with Crippen LogP contribution in [0.3, 0.4) is 0 Å². The number of nitrogens with one attached hydrogen (secondary N) is 1. The molecule has 0 fully saturated rings. The average Bonchev–Trinajstić information content (AvgIpc) is 2.98. The Morgan fingerprint density at radius 1 is 1.22 bits per heavy atom. The summed E-state index contributed by atoms with van der Waals surface area (Å²) in [5.41, 5.74) is 9.05. The van der Waals surface area contributed by atoms with Gasteiger partial charge < -0.3 is 15.8 Å². The van der Waals surface area contributed by atoms with Crippen molar-refractivity contribution in [2.24, 2.45) is 5.10 Å². The minimum Gasteiger partial charge on any atom is -0.483 e. The normalized spacial score (nSPS) is 10.9. The van der Waals surface area contributed by atoms with Gasteiger partial charge in [-0.05, 0) is 37.6 Å². The number of carbonyl (C=O) groups excluding carboxylic acids is 1. The number of amides is 1. The molecule has 7 nitrogen and oxygen atoms in total. The zero-order valence-corrected chi connectivity index (χ0v) is 15.2. The third-order valence-corrected chi connectivity index (χ3v) is 3.85. The molecule has 2 aromatic carbocycles. The minimum absolute atomic E-state index is 0.106. The summed E-state index contributed by atoms with van der Waals surface area (Å²) in [7, 11) is 0. The number of rotatable bonds is 6. The van der Waals surface area contributed by atoms with Gasteiger partial charge in [0.25, 0.3) is 5.91 Å². The summed E-state index contributed by atoms with van der Waals surface area (Å²) in [6.45, 7) is 3.67. The number of nitrogens with zero attached hydrogens (tertiary/aromatic N) is 3. The van der Waals surface area contributed by atoms with Gasteiger partial charge in [-0.1, -0.05) is 30.3 Å². The van der Waals surface area contributed by atoms with Crippen molar-refractivity contribution in [2.45, 2.75) is 13.8 Å². The van der Waals surface area contributed by atoms with E-state index in [1.165, 1.54) is 4.68 Å². The maximum atomic E-state index is 12.2. The minimum atomic E-state index is -0.231. The predicted molar refractivity (Wildman–Crippen MR) is 106 cm³/mol. The van der Waals surface area contributed by atoms with E-state index < -0.39 is 0 Å². The Bertz CT molecular complexity index is 978. The van der Waals surface area contributed by atoms with E-state index in [0.29, 0.717) is 11.7 Å². The highest BCUT2D eigenvalue weighted by atomic mass is 16.5. The van der Waals surface area contributed by atoms with Crippen LogP contribution in [0.5, 0.6) is 5.75 Å². The summed E-state index contributed by atoms with van der Waals surface area (Å²) < 4.78 is 7.16. The second-order valence-corrected chi connectivity index (χ2v) is 6.02. The summed E-state index contributed by atoms with van der Waals surface area (Å²) in [6.07, 6.45) is 3.34. The van der Waals surface area contributed by atoms with E-state index >= 15 is 0 Å². The third-order valence-electron chi connectivity index (χ3n) is 3.85. The monoisotopic (exact) mass is 363 g/mol. The molecule has 0 saturated carbocycles. The number of nitrogen functional groups attached to an aromatic ring is 1. The molecule has 0 saturated heterocycles. The highest BCUT2D eigenvalue weighted by Gasteiger charge is 2.08. The molecular formula is C20H21N5O2. The van der Waals surface area contributed by atoms with Crippen molar-refractivity contribution in [1.82, 2.24) is 9.66 Å². The van der Waals surface area contributed by atoms with Crippen LogP contribution in [0.25, 0.3) is 0 Å². The first kappa shape index (κ1) is 18.2. The molecule has 0 atom stereocenters. The van der Waals surface area contributed by atoms with E-state index in [1.807, 2.05) is 56.3 Å². The van der Waals surface area contributed by atoms with Gasteiger partial charge in [0.2, 0.25) is 5.95 Å². The first-order chi connectivity index (χ1) is 13.0. The van der Waals surface area contributed by atoms with Crippen LogP contribution in [0, 0.1) is 13.8 Å². The highest BCUT2D eigenvalue weighted by molar-refractivity contribution is 5.92. The Kier molecular flexibility index (Phi) is 5.51. The average molecular weight is 363 g/mol. The molecule has 138 valence electrons. The van der Waals surface area contributed by atoms with E-state index in [1.54, 1.807) is 18.5 Å². The number of benzene rings is 2. The predicted octanol–water partition coefficient (Wildman–Crippen LogP) is 2.98. The maximum absolute atomic E-state index is 12.2. The largest absolute Gasteiger partial charge is 0.483 e. The second-order valence-electron chi connectivity index (χ2n) is 6.02. The van der Waals surface area contributed by atoms with Crippen molar-refractivity contribution in [3.05, 3.63) is 71.5 Å². The fourth-order valence-corrected chi connectivity index (χ4v) is 2.48. The molecule has 1 aromatic heterocycles. The second kappa shape index (κ2) is 8.18. The van der Waals surface area contributed by atoms with Gasteiger partial charge in [-0.3, -0.25) is 4.79 Å². The summed E-state index contributed by atoms with van der Waals surface area (Å²) in [6, 6.07) is 14.9. The van der Waals surface area contributed by atoms with Gasteiger partial charge in [0, 0.05) is 11.3 Å². The summed E-state index contributed by atoms with van der Waals surface area (Å²) in [5.74, 6) is 0.627. The zero-order valence-electron chi connectivity index (χ0n) is 15.2. The maximum Gasteiger partial charge on any atom is 0.262 e. The number of anilines is 2. The Balaban J connectivity index is 1.66. The molecule has 0 aliphatic carbocycles. The van der Waals surface area contributed by atoms with Crippen molar-refractivity contribution < 1.29 is 9.53 Å². The molecule has 0 bridgehead atoms. The highest BCUT2D eigenvalue weighted by Crippen LogP contribution is 2.17. The van der Waals surface area contributed by atoms with Crippen LogP contribution in [-0.2, 0) is 4.79 Å². The number of ether oxygens (including phenoxy) is 1. The molecule has 0 radical (unpaired) electrons. The van der Waals surface area contributed by atoms with Crippen molar-refractivity contribution in [3.63, 3.8) is 0 Å². The van der Waals surface area contributed by atoms with Gasteiger partial charge in [-0.15, -0.1) is 0 Å². The van der Waals surface area contributed by atoms with Gasteiger partial charge in [0.15, 0.2) is 6.61 Å². The number of aromatic nitrogens is 2. The SMILES string of the molecule is Cc1cn(N=Cc2ccccc2OCC(=O)Nc2ccccc2C)c(N)n1. The smallest absolute Gasteiger partial charge is 0.262 e. The molecule has 0 spiro atoms. The number of carbonyl (C=O) groups is 1. The standard InChI is InChI=1S/C20H21N5O2/c1-14-7-3-5-9-17(14)24-19(26)13-27-18-10-6-4-8-16(18)11-22-25-12-15(2)23-20(25)21/h3-12H,13H2,1-2H3,(H2,21,23)(H,24,26). The van der Waals surface area contributed by atoms with Crippen LogP contribution in [0.15, 0.2) is 59.8 Å². The number of aryl methyl sites for hydroxylation is 2. The van der Waals surface area contributed by atoms with E-state index in [0.717, 1.165) is 22.5 Å². The molecular weight excluding hydrogens is 342 g/mol. The van der Waals surface area contributed by atoms with Crippen LogP contribution >= 0.6 is 0 Å². The van der Waals surface area contributed by atoms with Gasteiger partial charge in [0.1, 0.15) is 5.75 Å². The van der Waals surface area contributed by atoms with Crippen LogP contribution < -0.4 is 15.8 Å². The quantitative estimate of drug-likeness (QED) is 0.658. The van der Waals surface area contributed by atoms with Gasteiger partial charge >= 0.3 is 0 Å². The molecule has 3 aromatic rings. The third kappa shape index (κ3) is 4.72. The summed E-state index contributed by atoms with van der Waals surface area (Å²) in [5, 5.41) is 7.13. The van der Waals surface area contributed by atoms with E-state index in [9.17, 15) is 4.79 Å². The first-order valence-corrected chi connectivity index (χ1v) is 8.46. The van der Waals surface area contributed by atoms with Crippen LogP contribution in [-0.4, -0.2) is 28.4 Å². The van der Waals surface area contributed by atoms with Crippen LogP contribution in [0.1, 0.15) is 16.8 Å². The molecule has 0 aliphatic rings. The Labute approximate surface area is 157 Å². The van der Waals surface area contributed by atoms with Crippen LogP contribution in [0.2, 0.25) is 0 Å². The van der Waals surface area contributed by atoms with Gasteiger partial charge in [-0.2, -0.15) is 5.10 Å². The fourth-order valence-electron chi connectivity index (χ4n) is 2.48. The summed E-state index contributed by atoms with van der Waals surface area (Å²) in [4.78, 5) is 16.3. The lowest BCUT2D eigenvalue weighted by Crippen LogP contribution is -2.21. The molecule has 1 heterocycles. The van der Waals surface area contributed by atoms with Gasteiger partial charge in [0.05, 0.1) is 18.1 Å². The molecule has 27 heavy (non-hydrogen) atoms. The summed E-state index contributed by atoms with van der Waals surface area (Å²) >= 11 is 0. The number of hydrogen-bond acceptors (Lipinski definition) is 5. The lowest BCUT2D eigenvalue weighted by Gasteiger charge is -2.11. The van der Waals surface area contributed by atoms with Crippen LogP contribution in [0.4, 0.5) is 11.6 Å². The van der Waals surface area contributed by atoms with E-state index in [4.69, 9.17) is 10.5 Å². The lowest BCUT2D eigenvalue weighted by atomic mass is 10.2.